The third-order valence-corrected chi connectivity index (χ3v) is 4.30. The van der Waals surface area contributed by atoms with E-state index in [-0.39, 0.29) is 0 Å². The van der Waals surface area contributed by atoms with Crippen molar-refractivity contribution < 1.29 is 0 Å². The predicted octanol–water partition coefficient (Wildman–Crippen LogP) is 4.01. The Morgan fingerprint density at radius 1 is 1.18 bits per heavy atom. The minimum Gasteiger partial charge on any atom is -0.378 e. The molecular weight excluding hydrogens is 296 g/mol. The van der Waals surface area contributed by atoms with Crippen LogP contribution in [0.15, 0.2) is 30.5 Å². The third kappa shape index (κ3) is 2.33. The maximum atomic E-state index is 6.51. The second-order valence-corrected chi connectivity index (χ2v) is 5.94. The van der Waals surface area contributed by atoms with Gasteiger partial charge in [0, 0.05) is 26.0 Å². The zero-order valence-electron chi connectivity index (χ0n) is 13.3. The summed E-state index contributed by atoms with van der Waals surface area (Å²) < 4.78 is 1.86. The lowest BCUT2D eigenvalue weighted by Crippen LogP contribution is -2.08. The third-order valence-electron chi connectivity index (χ3n) is 3.87. The van der Waals surface area contributed by atoms with Gasteiger partial charge in [-0.3, -0.25) is 0 Å². The molecule has 0 bridgehead atoms. The summed E-state index contributed by atoms with van der Waals surface area (Å²) in [4.78, 5) is 6.64. The topological polar surface area (TPSA) is 34.0 Å². The van der Waals surface area contributed by atoms with Crippen LogP contribution in [-0.4, -0.2) is 28.9 Å². The highest BCUT2D eigenvalue weighted by Gasteiger charge is 2.15. The lowest BCUT2D eigenvalue weighted by Gasteiger charge is -2.12. The Labute approximate surface area is 135 Å². The quantitative estimate of drug-likeness (QED) is 0.732. The second kappa shape index (κ2) is 5.61. The van der Waals surface area contributed by atoms with Gasteiger partial charge in [-0.15, -0.1) is 0 Å². The molecule has 5 heteroatoms. The fourth-order valence-electron chi connectivity index (χ4n) is 2.57. The number of nitrogens with zero attached hydrogens (tertiary/aromatic N) is 4. The first-order valence-electron chi connectivity index (χ1n) is 7.33. The zero-order chi connectivity index (χ0) is 15.9. The van der Waals surface area contributed by atoms with Crippen molar-refractivity contribution in [1.29, 1.82) is 0 Å². The number of aryl methyl sites for hydroxylation is 2. The molecule has 0 fully saturated rings. The van der Waals surface area contributed by atoms with Gasteiger partial charge in [0.05, 0.1) is 21.8 Å². The van der Waals surface area contributed by atoms with Crippen molar-refractivity contribution in [1.82, 2.24) is 14.8 Å². The molecule has 0 radical (unpaired) electrons. The van der Waals surface area contributed by atoms with Gasteiger partial charge in [0.2, 0.25) is 0 Å². The summed E-state index contributed by atoms with van der Waals surface area (Å²) in [6.45, 7) is 4.05. The van der Waals surface area contributed by atoms with Crippen LogP contribution in [0.1, 0.15) is 18.2 Å². The van der Waals surface area contributed by atoms with E-state index < -0.39 is 0 Å². The smallest absolute Gasteiger partial charge is 0.164 e. The second-order valence-electron chi connectivity index (χ2n) is 5.56. The monoisotopic (exact) mass is 314 g/mol. The van der Waals surface area contributed by atoms with Crippen molar-refractivity contribution in [2.75, 3.05) is 19.0 Å². The molecule has 0 atom stereocenters. The molecule has 0 spiro atoms. The number of benzene rings is 1. The van der Waals surface area contributed by atoms with E-state index in [0.29, 0.717) is 0 Å². The van der Waals surface area contributed by atoms with Crippen molar-refractivity contribution >= 4 is 28.3 Å². The van der Waals surface area contributed by atoms with Crippen LogP contribution >= 0.6 is 11.6 Å². The molecule has 3 rings (SSSR count). The molecular formula is C17H19ClN4. The van der Waals surface area contributed by atoms with Gasteiger partial charge in [-0.25, -0.2) is 9.67 Å². The van der Waals surface area contributed by atoms with Gasteiger partial charge in [0.1, 0.15) is 0 Å². The summed E-state index contributed by atoms with van der Waals surface area (Å²) >= 11 is 6.51. The van der Waals surface area contributed by atoms with E-state index in [2.05, 4.69) is 34.0 Å². The van der Waals surface area contributed by atoms with Crippen LogP contribution in [0.5, 0.6) is 0 Å². The Morgan fingerprint density at radius 3 is 2.45 bits per heavy atom. The minimum atomic E-state index is 0.765. The molecule has 0 aliphatic carbocycles. The Hall–Kier alpha value is -2.07. The van der Waals surface area contributed by atoms with Gasteiger partial charge < -0.3 is 4.90 Å². The summed E-state index contributed by atoms with van der Waals surface area (Å²) in [6, 6.07) is 8.23. The average Bonchev–Trinajstić information content (AvgIpc) is 2.85. The first-order valence-corrected chi connectivity index (χ1v) is 7.71. The number of hydrogen-bond acceptors (Lipinski definition) is 3. The van der Waals surface area contributed by atoms with Crippen LogP contribution in [0, 0.1) is 6.92 Å². The highest BCUT2D eigenvalue weighted by atomic mass is 35.5. The van der Waals surface area contributed by atoms with E-state index in [1.807, 2.05) is 44.0 Å². The summed E-state index contributed by atoms with van der Waals surface area (Å²) in [5.41, 5.74) is 4.89. The molecule has 0 N–H and O–H groups in total. The molecule has 4 nitrogen and oxygen atoms in total. The number of hydrogen-bond donors (Lipinski definition) is 0. The molecule has 1 aromatic carbocycles. The van der Waals surface area contributed by atoms with E-state index in [1.54, 1.807) is 0 Å². The molecule has 0 saturated heterocycles. The molecule has 114 valence electrons. The highest BCUT2D eigenvalue weighted by molar-refractivity contribution is 6.36. The van der Waals surface area contributed by atoms with Crippen molar-refractivity contribution in [2.24, 2.45) is 0 Å². The van der Waals surface area contributed by atoms with Crippen LogP contribution in [0.4, 0.5) is 5.69 Å². The molecule has 0 saturated carbocycles. The Balaban J connectivity index is 2.17. The van der Waals surface area contributed by atoms with Gasteiger partial charge >= 0.3 is 0 Å². The molecule has 2 aromatic heterocycles. The minimum absolute atomic E-state index is 0.765. The Bertz CT molecular complexity index is 819. The first kappa shape index (κ1) is 14.9. The van der Waals surface area contributed by atoms with Crippen molar-refractivity contribution in [3.8, 4) is 5.69 Å². The van der Waals surface area contributed by atoms with Crippen LogP contribution < -0.4 is 4.90 Å². The fraction of sp³-hybridized carbons (Fsp3) is 0.294. The summed E-state index contributed by atoms with van der Waals surface area (Å²) in [5, 5.41) is 6.33. The molecule has 2 heterocycles. The SMILES string of the molecule is CCc1cnc2c(c(C)nn2-c2ccc(N(C)C)cc2)c1Cl. The Morgan fingerprint density at radius 2 is 1.86 bits per heavy atom. The number of pyridine rings is 1. The predicted molar refractivity (Wildman–Crippen MR) is 92.3 cm³/mol. The molecule has 3 aromatic rings. The van der Waals surface area contributed by atoms with Crippen LogP contribution in [0.3, 0.4) is 0 Å². The van der Waals surface area contributed by atoms with E-state index in [9.17, 15) is 0 Å². The summed E-state index contributed by atoms with van der Waals surface area (Å²) in [5.74, 6) is 0. The standard InChI is InChI=1S/C17H19ClN4/c1-5-12-10-19-17-15(16(12)18)11(2)20-22(17)14-8-6-13(7-9-14)21(3)4/h6-10H,5H2,1-4H3. The molecule has 22 heavy (non-hydrogen) atoms. The zero-order valence-corrected chi connectivity index (χ0v) is 14.0. The number of aromatic nitrogens is 3. The number of rotatable bonds is 3. The maximum absolute atomic E-state index is 6.51. The normalized spacial score (nSPS) is 11.1. The van der Waals surface area contributed by atoms with E-state index >= 15 is 0 Å². The fourth-order valence-corrected chi connectivity index (χ4v) is 2.97. The summed E-state index contributed by atoms with van der Waals surface area (Å²) in [7, 11) is 4.05. The van der Waals surface area contributed by atoms with Gasteiger partial charge in [0.15, 0.2) is 5.65 Å². The van der Waals surface area contributed by atoms with E-state index in [4.69, 9.17) is 11.6 Å². The van der Waals surface area contributed by atoms with Crippen LogP contribution in [-0.2, 0) is 6.42 Å². The number of halogens is 1. The maximum Gasteiger partial charge on any atom is 0.164 e. The van der Waals surface area contributed by atoms with E-state index in [0.717, 1.165) is 45.1 Å². The average molecular weight is 315 g/mol. The number of anilines is 1. The number of fused-ring (bicyclic) bond motifs is 1. The molecule has 0 amide bonds. The lowest BCUT2D eigenvalue weighted by molar-refractivity contribution is 0.876. The van der Waals surface area contributed by atoms with Crippen LogP contribution in [0.2, 0.25) is 5.02 Å². The lowest BCUT2D eigenvalue weighted by atomic mass is 10.1. The highest BCUT2D eigenvalue weighted by Crippen LogP contribution is 2.30. The summed E-state index contributed by atoms with van der Waals surface area (Å²) in [6.07, 6.45) is 2.71. The van der Waals surface area contributed by atoms with Crippen molar-refractivity contribution in [2.45, 2.75) is 20.3 Å². The largest absolute Gasteiger partial charge is 0.378 e. The molecule has 0 unspecified atom stereocenters. The van der Waals surface area contributed by atoms with Crippen molar-refractivity contribution in [3.63, 3.8) is 0 Å². The Kier molecular flexibility index (Phi) is 3.79. The molecule has 0 aliphatic rings. The van der Waals surface area contributed by atoms with Gasteiger partial charge in [0.25, 0.3) is 0 Å². The van der Waals surface area contributed by atoms with Gasteiger partial charge in [-0.05, 0) is 43.2 Å². The van der Waals surface area contributed by atoms with Gasteiger partial charge in [-0.1, -0.05) is 18.5 Å². The van der Waals surface area contributed by atoms with Crippen molar-refractivity contribution in [3.05, 3.63) is 46.7 Å². The van der Waals surface area contributed by atoms with Crippen LogP contribution in [0.25, 0.3) is 16.7 Å². The van der Waals surface area contributed by atoms with Gasteiger partial charge in [-0.2, -0.15) is 5.10 Å². The first-order chi connectivity index (χ1) is 10.5. The van der Waals surface area contributed by atoms with E-state index in [1.165, 1.54) is 0 Å². The molecule has 0 aliphatic heterocycles.